The highest BCUT2D eigenvalue weighted by molar-refractivity contribution is 6.00. The van der Waals surface area contributed by atoms with Gasteiger partial charge in [-0.05, 0) is 24.5 Å². The van der Waals surface area contributed by atoms with Crippen molar-refractivity contribution in [1.29, 1.82) is 0 Å². The minimum atomic E-state index is -0.160. The van der Waals surface area contributed by atoms with E-state index in [-0.39, 0.29) is 11.8 Å². The topological polar surface area (TPSA) is 55.1 Å². The molecule has 0 fully saturated rings. The first kappa shape index (κ1) is 19.6. The van der Waals surface area contributed by atoms with Gasteiger partial charge in [-0.1, -0.05) is 96.2 Å². The summed E-state index contributed by atoms with van der Waals surface area (Å²) in [6.07, 6.45) is 0.796. The van der Waals surface area contributed by atoms with E-state index in [0.717, 1.165) is 12.0 Å². The molecule has 0 unspecified atom stereocenters. The third-order valence-electron chi connectivity index (χ3n) is 5.26. The highest BCUT2D eigenvalue weighted by atomic mass is 16.5. The van der Waals surface area contributed by atoms with Crippen molar-refractivity contribution in [3.05, 3.63) is 113 Å². The molecule has 150 valence electrons. The Balaban J connectivity index is 1.49. The quantitative estimate of drug-likeness (QED) is 0.442. The second kappa shape index (κ2) is 9.23. The van der Waals surface area contributed by atoms with Gasteiger partial charge >= 0.3 is 0 Å². The monoisotopic (exact) mass is 396 g/mol. The van der Waals surface area contributed by atoms with Gasteiger partial charge in [0.25, 0.3) is 5.91 Å². The number of carbonyl (C=O) groups excluding carboxylic acids is 1. The Bertz CT molecular complexity index is 1050. The normalized spacial score (nSPS) is 10.9. The highest BCUT2D eigenvalue weighted by Gasteiger charge is 2.22. The van der Waals surface area contributed by atoms with Crippen molar-refractivity contribution in [2.75, 3.05) is 6.54 Å². The van der Waals surface area contributed by atoms with Gasteiger partial charge in [0.15, 0.2) is 0 Å². The molecule has 1 aromatic heterocycles. The molecule has 3 aromatic carbocycles. The van der Waals surface area contributed by atoms with Gasteiger partial charge in [-0.15, -0.1) is 0 Å². The van der Waals surface area contributed by atoms with Crippen LogP contribution in [-0.4, -0.2) is 17.6 Å². The molecule has 0 aliphatic heterocycles. The average molecular weight is 396 g/mol. The van der Waals surface area contributed by atoms with Gasteiger partial charge in [0.1, 0.15) is 17.0 Å². The van der Waals surface area contributed by atoms with Crippen LogP contribution in [0.5, 0.6) is 0 Å². The molecule has 0 aliphatic rings. The molecule has 4 heteroatoms. The summed E-state index contributed by atoms with van der Waals surface area (Å²) in [5, 5.41) is 7.18. The first-order valence-corrected chi connectivity index (χ1v) is 10.1. The van der Waals surface area contributed by atoms with E-state index in [1.807, 2.05) is 42.5 Å². The van der Waals surface area contributed by atoms with Gasteiger partial charge in [-0.3, -0.25) is 4.79 Å². The van der Waals surface area contributed by atoms with Crippen molar-refractivity contribution in [2.45, 2.75) is 19.3 Å². The Labute approximate surface area is 176 Å². The molecule has 0 spiro atoms. The number of nitrogens with one attached hydrogen (secondary N) is 1. The van der Waals surface area contributed by atoms with Crippen molar-refractivity contribution in [3.63, 3.8) is 0 Å². The molecule has 0 bridgehead atoms. The molecule has 0 saturated heterocycles. The number of benzene rings is 3. The predicted molar refractivity (Wildman–Crippen MR) is 118 cm³/mol. The number of hydrogen-bond donors (Lipinski definition) is 1. The lowest BCUT2D eigenvalue weighted by Crippen LogP contribution is -2.26. The second-order valence-corrected chi connectivity index (χ2v) is 7.25. The molecule has 4 aromatic rings. The van der Waals surface area contributed by atoms with Crippen LogP contribution in [0.4, 0.5) is 0 Å². The van der Waals surface area contributed by atoms with Crippen LogP contribution in [0.3, 0.4) is 0 Å². The maximum atomic E-state index is 13.0. The minimum absolute atomic E-state index is 0.160. The van der Waals surface area contributed by atoms with Crippen LogP contribution in [0.25, 0.3) is 11.3 Å². The Morgan fingerprint density at radius 1 is 0.867 bits per heavy atom. The summed E-state index contributed by atoms with van der Waals surface area (Å²) in [6, 6.07) is 30.4. The van der Waals surface area contributed by atoms with Crippen LogP contribution in [0.1, 0.15) is 39.6 Å². The summed E-state index contributed by atoms with van der Waals surface area (Å²) >= 11 is 0. The van der Waals surface area contributed by atoms with Crippen LogP contribution in [0.15, 0.2) is 95.5 Å². The maximum Gasteiger partial charge on any atom is 0.257 e. The molecule has 4 rings (SSSR count). The number of hydrogen-bond acceptors (Lipinski definition) is 3. The first-order valence-electron chi connectivity index (χ1n) is 10.1. The van der Waals surface area contributed by atoms with Crippen LogP contribution in [0, 0.1) is 6.92 Å². The maximum absolute atomic E-state index is 13.0. The molecular formula is C26H24N2O2. The lowest BCUT2D eigenvalue weighted by Gasteiger charge is -2.18. The van der Waals surface area contributed by atoms with E-state index in [1.54, 1.807) is 6.92 Å². The number of amides is 1. The summed E-state index contributed by atoms with van der Waals surface area (Å²) < 4.78 is 5.33. The molecule has 4 nitrogen and oxygen atoms in total. The number of nitrogens with zero attached hydrogens (tertiary/aromatic N) is 1. The lowest BCUT2D eigenvalue weighted by molar-refractivity contribution is 0.0952. The zero-order chi connectivity index (χ0) is 20.8. The predicted octanol–water partition coefficient (Wildman–Crippen LogP) is 5.60. The smallest absolute Gasteiger partial charge is 0.257 e. The fraction of sp³-hybridized carbons (Fsp3) is 0.154. The Morgan fingerprint density at radius 3 is 1.97 bits per heavy atom. The van der Waals surface area contributed by atoms with Crippen LogP contribution in [0.2, 0.25) is 0 Å². The molecule has 30 heavy (non-hydrogen) atoms. The summed E-state index contributed by atoms with van der Waals surface area (Å²) in [7, 11) is 0. The van der Waals surface area contributed by atoms with E-state index in [1.165, 1.54) is 11.1 Å². The molecule has 0 atom stereocenters. The van der Waals surface area contributed by atoms with Gasteiger partial charge in [-0.2, -0.15) is 0 Å². The van der Waals surface area contributed by atoms with E-state index in [9.17, 15) is 4.79 Å². The zero-order valence-corrected chi connectivity index (χ0v) is 16.9. The van der Waals surface area contributed by atoms with Gasteiger partial charge in [-0.25, -0.2) is 0 Å². The molecule has 0 radical (unpaired) electrons. The van der Waals surface area contributed by atoms with Crippen molar-refractivity contribution >= 4 is 5.91 Å². The minimum Gasteiger partial charge on any atom is -0.360 e. The Morgan fingerprint density at radius 2 is 1.40 bits per heavy atom. The van der Waals surface area contributed by atoms with Crippen molar-refractivity contribution in [2.24, 2.45) is 0 Å². The number of carbonyl (C=O) groups is 1. The Hall–Kier alpha value is -3.66. The van der Waals surface area contributed by atoms with Gasteiger partial charge < -0.3 is 9.84 Å². The second-order valence-electron chi connectivity index (χ2n) is 7.25. The van der Waals surface area contributed by atoms with Gasteiger partial charge in [0.2, 0.25) is 0 Å². The first-order chi connectivity index (χ1) is 14.7. The van der Waals surface area contributed by atoms with E-state index in [4.69, 9.17) is 4.52 Å². The SMILES string of the molecule is Cc1onc(-c2ccccc2)c1C(=O)NCCC(c1ccccc1)c1ccccc1. The van der Waals surface area contributed by atoms with Crippen LogP contribution < -0.4 is 5.32 Å². The zero-order valence-electron chi connectivity index (χ0n) is 16.9. The third-order valence-corrected chi connectivity index (χ3v) is 5.26. The lowest BCUT2D eigenvalue weighted by atomic mass is 9.88. The largest absolute Gasteiger partial charge is 0.360 e. The molecule has 1 N–H and O–H groups in total. The van der Waals surface area contributed by atoms with Gasteiger partial charge in [0.05, 0.1) is 0 Å². The molecule has 0 aliphatic carbocycles. The number of aromatic nitrogens is 1. The van der Waals surface area contributed by atoms with E-state index in [0.29, 0.717) is 23.6 Å². The fourth-order valence-electron chi connectivity index (χ4n) is 3.75. The van der Waals surface area contributed by atoms with Crippen LogP contribution in [-0.2, 0) is 0 Å². The Kier molecular flexibility index (Phi) is 6.04. The van der Waals surface area contributed by atoms with Crippen LogP contribution >= 0.6 is 0 Å². The van der Waals surface area contributed by atoms with E-state index in [2.05, 4.69) is 59.0 Å². The standard InChI is InChI=1S/C26H24N2O2/c1-19-24(25(28-30-19)22-15-9-4-10-16-22)26(29)27-18-17-23(20-11-5-2-6-12-20)21-13-7-3-8-14-21/h2-16,23H,17-18H2,1H3,(H,27,29). The van der Waals surface area contributed by atoms with Gasteiger partial charge in [0, 0.05) is 18.0 Å². The van der Waals surface area contributed by atoms with Crippen molar-refractivity contribution < 1.29 is 9.32 Å². The van der Waals surface area contributed by atoms with E-state index < -0.39 is 0 Å². The van der Waals surface area contributed by atoms with E-state index >= 15 is 0 Å². The van der Waals surface area contributed by atoms with Crippen molar-refractivity contribution in [1.82, 2.24) is 10.5 Å². The fourth-order valence-corrected chi connectivity index (χ4v) is 3.75. The molecule has 1 amide bonds. The summed E-state index contributed by atoms with van der Waals surface area (Å²) in [6.45, 7) is 2.32. The highest BCUT2D eigenvalue weighted by Crippen LogP contribution is 2.28. The number of aryl methyl sites for hydroxylation is 1. The summed E-state index contributed by atoms with van der Waals surface area (Å²) in [5.41, 5.74) is 4.42. The summed E-state index contributed by atoms with van der Waals surface area (Å²) in [4.78, 5) is 13.0. The summed E-state index contributed by atoms with van der Waals surface area (Å²) in [5.74, 6) is 0.575. The van der Waals surface area contributed by atoms with Crippen molar-refractivity contribution in [3.8, 4) is 11.3 Å². The average Bonchev–Trinajstić information content (AvgIpc) is 3.20. The molecular weight excluding hydrogens is 372 g/mol. The third kappa shape index (κ3) is 4.33. The molecule has 1 heterocycles. The number of rotatable bonds is 7. The molecule has 0 saturated carbocycles.